The Morgan fingerprint density at radius 1 is 1.21 bits per heavy atom. The fourth-order valence-electron chi connectivity index (χ4n) is 2.60. The molecule has 0 aliphatic heterocycles. The summed E-state index contributed by atoms with van der Waals surface area (Å²) in [5.41, 5.74) is 0.221. The van der Waals surface area contributed by atoms with Gasteiger partial charge >= 0.3 is 5.97 Å². The van der Waals surface area contributed by atoms with Crippen molar-refractivity contribution < 1.29 is 14.3 Å². The van der Waals surface area contributed by atoms with Gasteiger partial charge in [0.1, 0.15) is 11.6 Å². The molecule has 1 atom stereocenters. The monoisotopic (exact) mass is 401 g/mol. The SMILES string of the molecule is COC(=O)c1nc(NC(=O)[C@@H](C)n2nnc3ccccc3c2=O)sc1C(C)C. The first-order valence-electron chi connectivity index (χ1n) is 8.57. The molecule has 0 aliphatic carbocycles. The first kappa shape index (κ1) is 19.6. The average Bonchev–Trinajstić information content (AvgIpc) is 3.11. The fraction of sp³-hybridized carbons (Fsp3) is 0.333. The summed E-state index contributed by atoms with van der Waals surface area (Å²) in [4.78, 5) is 42.0. The number of hydrogen-bond acceptors (Lipinski definition) is 8. The van der Waals surface area contributed by atoms with E-state index in [1.807, 2.05) is 13.8 Å². The van der Waals surface area contributed by atoms with Crippen molar-refractivity contribution >= 4 is 39.2 Å². The summed E-state index contributed by atoms with van der Waals surface area (Å²) >= 11 is 1.19. The fourth-order valence-corrected chi connectivity index (χ4v) is 3.55. The molecular weight excluding hydrogens is 382 g/mol. The number of fused-ring (bicyclic) bond motifs is 1. The summed E-state index contributed by atoms with van der Waals surface area (Å²) < 4.78 is 5.77. The van der Waals surface area contributed by atoms with Crippen LogP contribution in [0, 0.1) is 0 Å². The highest BCUT2D eigenvalue weighted by atomic mass is 32.1. The van der Waals surface area contributed by atoms with Crippen LogP contribution in [0.4, 0.5) is 5.13 Å². The Balaban J connectivity index is 1.88. The maximum absolute atomic E-state index is 12.6. The highest BCUT2D eigenvalue weighted by Crippen LogP contribution is 2.30. The van der Waals surface area contributed by atoms with Gasteiger partial charge in [-0.15, -0.1) is 16.4 Å². The summed E-state index contributed by atoms with van der Waals surface area (Å²) in [7, 11) is 1.27. The van der Waals surface area contributed by atoms with Crippen molar-refractivity contribution in [1.82, 2.24) is 20.0 Å². The maximum atomic E-state index is 12.6. The van der Waals surface area contributed by atoms with Gasteiger partial charge in [-0.05, 0) is 25.0 Å². The zero-order valence-corrected chi connectivity index (χ0v) is 16.6. The van der Waals surface area contributed by atoms with Crippen molar-refractivity contribution in [3.63, 3.8) is 0 Å². The molecule has 1 N–H and O–H groups in total. The van der Waals surface area contributed by atoms with Crippen LogP contribution in [0.3, 0.4) is 0 Å². The number of carbonyl (C=O) groups excluding carboxylic acids is 2. The number of nitrogens with zero attached hydrogens (tertiary/aromatic N) is 4. The molecular formula is C18H19N5O4S. The number of benzene rings is 1. The predicted octanol–water partition coefficient (Wildman–Crippen LogP) is 2.36. The number of nitrogens with one attached hydrogen (secondary N) is 1. The lowest BCUT2D eigenvalue weighted by Crippen LogP contribution is -2.34. The number of methoxy groups -OCH3 is 1. The van der Waals surface area contributed by atoms with Crippen LogP contribution >= 0.6 is 11.3 Å². The van der Waals surface area contributed by atoms with Crippen LogP contribution in [0.15, 0.2) is 29.1 Å². The van der Waals surface area contributed by atoms with Crippen LogP contribution in [0.1, 0.15) is 48.1 Å². The number of anilines is 1. The number of ether oxygens (including phenoxy) is 1. The van der Waals surface area contributed by atoms with Gasteiger partial charge in [0.05, 0.1) is 12.5 Å². The molecule has 0 unspecified atom stereocenters. The number of aromatic nitrogens is 4. The third-order valence-electron chi connectivity index (χ3n) is 4.12. The number of thiazole rings is 1. The lowest BCUT2D eigenvalue weighted by atomic mass is 10.1. The molecule has 0 aliphatic rings. The largest absolute Gasteiger partial charge is 0.464 e. The Labute approximate surface area is 164 Å². The molecule has 0 fully saturated rings. The van der Waals surface area contributed by atoms with Gasteiger partial charge in [-0.1, -0.05) is 31.2 Å². The lowest BCUT2D eigenvalue weighted by molar-refractivity contribution is -0.119. The molecule has 28 heavy (non-hydrogen) atoms. The Bertz CT molecular complexity index is 1100. The minimum Gasteiger partial charge on any atom is -0.464 e. The molecule has 2 aromatic heterocycles. The number of esters is 1. The van der Waals surface area contributed by atoms with Crippen LogP contribution in [0.2, 0.25) is 0 Å². The highest BCUT2D eigenvalue weighted by molar-refractivity contribution is 7.16. The van der Waals surface area contributed by atoms with Gasteiger partial charge in [-0.2, -0.15) is 4.68 Å². The Morgan fingerprint density at radius 3 is 2.61 bits per heavy atom. The summed E-state index contributed by atoms with van der Waals surface area (Å²) in [6, 6.07) is 5.86. The molecule has 1 amide bonds. The van der Waals surface area contributed by atoms with E-state index in [-0.39, 0.29) is 16.7 Å². The summed E-state index contributed by atoms with van der Waals surface area (Å²) in [6.45, 7) is 5.37. The van der Waals surface area contributed by atoms with Crippen molar-refractivity contribution in [3.8, 4) is 0 Å². The first-order chi connectivity index (χ1) is 13.3. The highest BCUT2D eigenvalue weighted by Gasteiger charge is 2.24. The first-order valence-corrected chi connectivity index (χ1v) is 9.39. The van der Waals surface area contributed by atoms with Crippen LogP contribution in [0.25, 0.3) is 10.9 Å². The molecule has 1 aromatic carbocycles. The summed E-state index contributed by atoms with van der Waals surface area (Å²) in [5.74, 6) is -1.03. The van der Waals surface area contributed by atoms with Gasteiger partial charge in [-0.25, -0.2) is 9.78 Å². The normalized spacial score (nSPS) is 12.2. The predicted molar refractivity (Wildman–Crippen MR) is 105 cm³/mol. The van der Waals surface area contributed by atoms with Gasteiger partial charge in [0.2, 0.25) is 0 Å². The van der Waals surface area contributed by atoms with Crippen LogP contribution in [-0.4, -0.2) is 39.0 Å². The van der Waals surface area contributed by atoms with E-state index in [1.54, 1.807) is 31.2 Å². The second-order valence-corrected chi connectivity index (χ2v) is 7.43. The molecule has 146 valence electrons. The summed E-state index contributed by atoms with van der Waals surface area (Å²) in [6.07, 6.45) is 0. The average molecular weight is 401 g/mol. The van der Waals surface area contributed by atoms with E-state index in [4.69, 9.17) is 4.74 Å². The molecule has 0 spiro atoms. The standard InChI is InChI=1S/C18H19N5O4S/c1-9(2)14-13(17(26)27-4)19-18(28-14)20-15(24)10(3)23-16(25)11-7-5-6-8-12(11)21-22-23/h5-10H,1-4H3,(H,19,20,24)/t10-/m1/s1. The number of carbonyl (C=O) groups is 2. The van der Waals surface area contributed by atoms with Crippen molar-refractivity contribution in [2.75, 3.05) is 12.4 Å². The van der Waals surface area contributed by atoms with Gasteiger partial charge in [-0.3, -0.25) is 9.59 Å². The number of rotatable bonds is 5. The molecule has 10 heteroatoms. The number of hydrogen-bond donors (Lipinski definition) is 1. The van der Waals surface area contributed by atoms with Crippen molar-refractivity contribution in [3.05, 3.63) is 45.2 Å². The zero-order valence-electron chi connectivity index (χ0n) is 15.8. The van der Waals surface area contributed by atoms with E-state index in [0.29, 0.717) is 15.8 Å². The Kier molecular flexibility index (Phi) is 5.50. The van der Waals surface area contributed by atoms with Gasteiger partial charge in [0.15, 0.2) is 10.8 Å². The summed E-state index contributed by atoms with van der Waals surface area (Å²) in [5, 5.41) is 11.1. The van der Waals surface area contributed by atoms with E-state index in [1.165, 1.54) is 18.4 Å². The van der Waals surface area contributed by atoms with E-state index in [0.717, 1.165) is 4.68 Å². The molecule has 9 nitrogen and oxygen atoms in total. The topological polar surface area (TPSA) is 116 Å². The van der Waals surface area contributed by atoms with Crippen LogP contribution < -0.4 is 10.9 Å². The van der Waals surface area contributed by atoms with Gasteiger partial charge in [0.25, 0.3) is 11.5 Å². The quantitative estimate of drug-likeness (QED) is 0.652. The van der Waals surface area contributed by atoms with E-state index < -0.39 is 23.5 Å². The third kappa shape index (κ3) is 3.63. The Hall–Kier alpha value is -3.14. The van der Waals surface area contributed by atoms with Crippen molar-refractivity contribution in [2.45, 2.75) is 32.7 Å². The molecule has 0 saturated carbocycles. The molecule has 0 bridgehead atoms. The van der Waals surface area contributed by atoms with E-state index in [2.05, 4.69) is 20.6 Å². The van der Waals surface area contributed by atoms with E-state index >= 15 is 0 Å². The van der Waals surface area contributed by atoms with Crippen molar-refractivity contribution in [2.24, 2.45) is 0 Å². The smallest absolute Gasteiger partial charge is 0.357 e. The van der Waals surface area contributed by atoms with Crippen LogP contribution in [-0.2, 0) is 9.53 Å². The molecule has 0 saturated heterocycles. The Morgan fingerprint density at radius 2 is 1.93 bits per heavy atom. The zero-order chi connectivity index (χ0) is 20.4. The second kappa shape index (κ2) is 7.85. The molecule has 3 rings (SSSR count). The molecule has 3 aromatic rings. The third-order valence-corrected chi connectivity index (χ3v) is 5.40. The van der Waals surface area contributed by atoms with E-state index in [9.17, 15) is 14.4 Å². The minimum atomic E-state index is -0.919. The molecule has 0 radical (unpaired) electrons. The minimum absolute atomic E-state index is 0.0312. The number of amides is 1. The van der Waals surface area contributed by atoms with Gasteiger partial charge in [0, 0.05) is 4.88 Å². The second-order valence-electron chi connectivity index (χ2n) is 6.40. The van der Waals surface area contributed by atoms with Crippen LogP contribution in [0.5, 0.6) is 0 Å². The van der Waals surface area contributed by atoms with Crippen molar-refractivity contribution in [1.29, 1.82) is 0 Å². The van der Waals surface area contributed by atoms with Gasteiger partial charge < -0.3 is 10.1 Å². The maximum Gasteiger partial charge on any atom is 0.357 e. The molecule has 2 heterocycles. The lowest BCUT2D eigenvalue weighted by Gasteiger charge is -2.12.